The molecule has 3 nitrogen and oxygen atoms in total. The Morgan fingerprint density at radius 3 is 1.36 bits per heavy atom. The molecule has 15 aromatic rings. The minimum absolute atomic E-state index is 0.250. The van der Waals surface area contributed by atoms with Crippen molar-refractivity contribution < 1.29 is 8.83 Å². The number of nitrogens with zero attached hydrogens (tertiary/aromatic N) is 1. The van der Waals surface area contributed by atoms with Crippen LogP contribution in [0.5, 0.6) is 0 Å². The summed E-state index contributed by atoms with van der Waals surface area (Å²) in [6.45, 7) is 6.90. The summed E-state index contributed by atoms with van der Waals surface area (Å²) in [6, 6.07) is 103. The number of hydrogen-bond donors (Lipinski definition) is 0. The lowest BCUT2D eigenvalue weighted by atomic mass is 9.68. The highest BCUT2D eigenvalue weighted by Gasteiger charge is 2.57. The molecule has 0 aliphatic heterocycles. The van der Waals surface area contributed by atoms with E-state index >= 15 is 0 Å². The maximum atomic E-state index is 7.14. The van der Waals surface area contributed by atoms with Crippen LogP contribution in [-0.2, 0) is 16.2 Å². The van der Waals surface area contributed by atoms with Gasteiger partial charge in [-0.1, -0.05) is 278 Å². The maximum Gasteiger partial charge on any atom is 0.143 e. The van der Waals surface area contributed by atoms with Crippen molar-refractivity contribution in [3.8, 4) is 66.8 Å². The summed E-state index contributed by atoms with van der Waals surface area (Å²) in [6.07, 6.45) is 14.4. The highest BCUT2D eigenvalue weighted by molar-refractivity contribution is 6.20. The Labute approximate surface area is 580 Å². The summed E-state index contributed by atoms with van der Waals surface area (Å²) >= 11 is 0. The predicted octanol–water partition coefficient (Wildman–Crippen LogP) is 26.6. The summed E-state index contributed by atoms with van der Waals surface area (Å²) < 4.78 is 14.0. The predicted molar refractivity (Wildman–Crippen MR) is 411 cm³/mol. The highest BCUT2D eigenvalue weighted by Crippen LogP contribution is 2.70. The molecule has 0 fully saturated rings. The number of benzene rings is 13. The van der Waals surface area contributed by atoms with Crippen LogP contribution in [0.4, 0.5) is 17.1 Å². The van der Waals surface area contributed by atoms with Crippen LogP contribution in [0, 0.1) is 6.92 Å². The fourth-order valence-corrected chi connectivity index (χ4v) is 19.9. The van der Waals surface area contributed by atoms with Gasteiger partial charge in [-0.05, 0) is 209 Å². The molecule has 2 aromatic heterocycles. The molecule has 13 aromatic carbocycles. The SMILES string of the molecule is CCCCCCCC1(CCCCCCC)c2cc(N(c3ccc(C)cc3)c3ccc4c(c3)C3(c5ccccc5-c5ccccc53)c3cc5c(cc3-4)C3(c4ccccc4-c4ccccc43)c3ccc4oc6ccccc6c4c3-5)ccc2-c2c1cc(-c1ccccc1)c1oc3ccccc3c21. The highest BCUT2D eigenvalue weighted by atomic mass is 16.3. The van der Waals surface area contributed by atoms with Crippen LogP contribution in [0.15, 0.2) is 276 Å². The number of unbranched alkanes of at least 4 members (excludes halogenated alkanes) is 8. The smallest absolute Gasteiger partial charge is 0.143 e. The fourth-order valence-electron chi connectivity index (χ4n) is 19.9. The monoisotopic (exact) mass is 1280 g/mol. The number of anilines is 3. The molecule has 0 unspecified atom stereocenters. The number of furan rings is 2. The molecule has 0 amide bonds. The van der Waals surface area contributed by atoms with Crippen LogP contribution in [0.25, 0.3) is 111 Å². The molecule has 5 aliphatic carbocycles. The van der Waals surface area contributed by atoms with Crippen molar-refractivity contribution in [2.45, 2.75) is 114 Å². The van der Waals surface area contributed by atoms with Crippen molar-refractivity contribution in [1.82, 2.24) is 0 Å². The van der Waals surface area contributed by atoms with Gasteiger partial charge in [0.25, 0.3) is 0 Å². The fraction of sp³-hybridized carbons (Fsp3) is 0.188. The van der Waals surface area contributed by atoms with E-state index in [1.54, 1.807) is 0 Å². The molecule has 2 heterocycles. The van der Waals surface area contributed by atoms with Gasteiger partial charge in [-0.25, -0.2) is 0 Å². The van der Waals surface area contributed by atoms with E-state index in [1.165, 1.54) is 214 Å². The second-order valence-electron chi connectivity index (χ2n) is 29.1. The Morgan fingerprint density at radius 2 is 0.747 bits per heavy atom. The lowest BCUT2D eigenvalue weighted by Crippen LogP contribution is -2.27. The van der Waals surface area contributed by atoms with Crippen molar-refractivity contribution in [3.05, 3.63) is 328 Å². The van der Waals surface area contributed by atoms with E-state index in [1.807, 2.05) is 0 Å². The van der Waals surface area contributed by atoms with Gasteiger partial charge < -0.3 is 13.7 Å². The van der Waals surface area contributed by atoms with Gasteiger partial charge in [0.15, 0.2) is 0 Å². The molecule has 478 valence electrons. The molecule has 0 N–H and O–H groups in total. The molecule has 0 bridgehead atoms. The maximum absolute atomic E-state index is 7.14. The Bertz CT molecular complexity index is 5710. The first kappa shape index (κ1) is 58.4. The summed E-state index contributed by atoms with van der Waals surface area (Å²) in [5.41, 5.74) is 35.8. The lowest BCUT2D eigenvalue weighted by molar-refractivity contribution is 0.399. The Morgan fingerprint density at radius 1 is 0.293 bits per heavy atom. The zero-order valence-electron chi connectivity index (χ0n) is 56.7. The molecule has 0 atom stereocenters. The standard InChI is InChI=1S/C96H77NO2/c1-4-6-8-10-27-53-94(54-28-11-9-7-5-2)81-55-63(48-50-70(81)89-85(94)57-73(61-29-13-12-14-30-61)93-92(89)72-36-20-26-42-87(72)99-93)97(62-45-43-60(3)44-46-62)64-47-49-69-74-58-84-75(59-83(74)96(82(69)56-64)78-39-23-17-33-67(78)68-34-18-24-40-79(68)96)90-80(51-52-88-91(90)71-35-19-25-41-86(71)98-88)95(84)76-37-21-15-31-65(76)66-32-16-22-38-77(66)95/h12-26,29-52,55-59H,4-11,27-28,53-54H2,1-3H3. The first-order valence-corrected chi connectivity index (χ1v) is 36.7. The van der Waals surface area contributed by atoms with Crippen LogP contribution < -0.4 is 4.90 Å². The van der Waals surface area contributed by atoms with Gasteiger partial charge in [-0.2, -0.15) is 0 Å². The van der Waals surface area contributed by atoms with Crippen LogP contribution in [0.2, 0.25) is 0 Å². The quantitative estimate of drug-likeness (QED) is 0.0903. The third-order valence-electron chi connectivity index (χ3n) is 24.0. The van der Waals surface area contributed by atoms with E-state index in [2.05, 4.69) is 293 Å². The molecule has 5 aliphatic rings. The third kappa shape index (κ3) is 8.08. The minimum atomic E-state index is -0.672. The zero-order valence-corrected chi connectivity index (χ0v) is 56.7. The lowest BCUT2D eigenvalue weighted by Gasteiger charge is -2.35. The van der Waals surface area contributed by atoms with Crippen molar-refractivity contribution in [3.63, 3.8) is 0 Å². The van der Waals surface area contributed by atoms with Crippen molar-refractivity contribution in [2.24, 2.45) is 0 Å². The topological polar surface area (TPSA) is 29.5 Å². The first-order valence-electron chi connectivity index (χ1n) is 36.7. The van der Waals surface area contributed by atoms with Gasteiger partial charge in [-0.15, -0.1) is 0 Å². The Kier molecular flexibility index (Phi) is 13.2. The number of para-hydroxylation sites is 2. The number of rotatable bonds is 16. The molecule has 0 saturated heterocycles. The summed E-state index contributed by atoms with van der Waals surface area (Å²) in [7, 11) is 0. The van der Waals surface area contributed by atoms with Gasteiger partial charge in [-0.3, -0.25) is 0 Å². The van der Waals surface area contributed by atoms with Crippen molar-refractivity contribution in [2.75, 3.05) is 4.90 Å². The zero-order chi connectivity index (χ0) is 65.7. The number of hydrogen-bond acceptors (Lipinski definition) is 3. The van der Waals surface area contributed by atoms with Gasteiger partial charge >= 0.3 is 0 Å². The van der Waals surface area contributed by atoms with Gasteiger partial charge in [0.05, 0.1) is 10.8 Å². The molecule has 99 heavy (non-hydrogen) atoms. The van der Waals surface area contributed by atoms with Gasteiger partial charge in [0.1, 0.15) is 22.3 Å². The van der Waals surface area contributed by atoms with E-state index in [9.17, 15) is 0 Å². The normalized spacial score (nSPS) is 14.5. The second-order valence-corrected chi connectivity index (χ2v) is 29.1. The first-order chi connectivity index (χ1) is 48.9. The molecule has 0 radical (unpaired) electrons. The molecular weight excluding hydrogens is 1200 g/mol. The van der Waals surface area contributed by atoms with Gasteiger partial charge in [0, 0.05) is 49.6 Å². The molecular formula is C96H77NO2. The van der Waals surface area contributed by atoms with E-state index in [-0.39, 0.29) is 5.41 Å². The van der Waals surface area contributed by atoms with Crippen molar-refractivity contribution >= 4 is 60.9 Å². The van der Waals surface area contributed by atoms with E-state index in [4.69, 9.17) is 8.83 Å². The van der Waals surface area contributed by atoms with E-state index < -0.39 is 10.8 Å². The molecule has 2 spiro atoms. The molecule has 20 rings (SSSR count). The van der Waals surface area contributed by atoms with Gasteiger partial charge in [0.2, 0.25) is 0 Å². The van der Waals surface area contributed by atoms with E-state index in [0.717, 1.165) is 51.9 Å². The van der Waals surface area contributed by atoms with Crippen LogP contribution >= 0.6 is 0 Å². The Hall–Kier alpha value is -10.7. The average Bonchev–Trinajstić information content (AvgIpc) is 1.49. The Balaban J connectivity index is 0.847. The summed E-state index contributed by atoms with van der Waals surface area (Å²) in [4.78, 5) is 2.61. The number of aryl methyl sites for hydroxylation is 1. The summed E-state index contributed by atoms with van der Waals surface area (Å²) in [5.74, 6) is 0. The molecule has 0 saturated carbocycles. The van der Waals surface area contributed by atoms with Crippen LogP contribution in [0.1, 0.15) is 152 Å². The van der Waals surface area contributed by atoms with Crippen LogP contribution in [-0.4, -0.2) is 0 Å². The third-order valence-corrected chi connectivity index (χ3v) is 24.0. The van der Waals surface area contributed by atoms with Crippen LogP contribution in [0.3, 0.4) is 0 Å². The molecule has 3 heteroatoms. The summed E-state index contributed by atoms with van der Waals surface area (Å²) in [5, 5.41) is 4.77. The number of fused-ring (bicyclic) bond motifs is 31. The second kappa shape index (κ2) is 22.4. The van der Waals surface area contributed by atoms with Crippen molar-refractivity contribution in [1.29, 1.82) is 0 Å². The largest absolute Gasteiger partial charge is 0.456 e. The van der Waals surface area contributed by atoms with E-state index in [0.29, 0.717) is 0 Å². The minimum Gasteiger partial charge on any atom is -0.456 e. The average molecular weight is 1280 g/mol.